The molecule has 182 valence electrons. The molecule has 1 fully saturated rings. The minimum atomic E-state index is -0.0165. The van der Waals surface area contributed by atoms with E-state index in [4.69, 9.17) is 14.2 Å². The van der Waals surface area contributed by atoms with Crippen molar-refractivity contribution in [3.8, 4) is 22.6 Å². The summed E-state index contributed by atoms with van der Waals surface area (Å²) in [5.74, 6) is 1.75. The quantitative estimate of drug-likeness (QED) is 0.535. The van der Waals surface area contributed by atoms with Gasteiger partial charge in [0, 0.05) is 43.2 Å². The van der Waals surface area contributed by atoms with Crippen LogP contribution in [0.1, 0.15) is 38.4 Å². The number of aromatic nitrogens is 3. The van der Waals surface area contributed by atoms with Crippen LogP contribution in [-0.4, -0.2) is 41.2 Å². The predicted molar refractivity (Wildman–Crippen MR) is 133 cm³/mol. The zero-order chi connectivity index (χ0) is 24.2. The molecular formula is C26H34N4O4. The van der Waals surface area contributed by atoms with Gasteiger partial charge < -0.3 is 24.1 Å². The molecule has 1 aliphatic rings. The van der Waals surface area contributed by atoms with Crippen molar-refractivity contribution in [1.82, 2.24) is 14.3 Å². The van der Waals surface area contributed by atoms with E-state index in [1.807, 2.05) is 49.9 Å². The summed E-state index contributed by atoms with van der Waals surface area (Å²) in [5, 5.41) is 7.75. The Hall–Kier alpha value is -3.26. The molecule has 3 heterocycles. The van der Waals surface area contributed by atoms with E-state index in [2.05, 4.69) is 24.3 Å². The molecule has 2 aromatic heterocycles. The first-order valence-corrected chi connectivity index (χ1v) is 11.7. The number of rotatable bonds is 8. The highest BCUT2D eigenvalue weighted by Crippen LogP contribution is 2.35. The Kier molecular flexibility index (Phi) is 7.26. The average molecular weight is 467 g/mol. The van der Waals surface area contributed by atoms with Crippen LogP contribution in [0.3, 0.4) is 0 Å². The fourth-order valence-corrected chi connectivity index (χ4v) is 4.40. The largest absolute Gasteiger partial charge is 0.493 e. The van der Waals surface area contributed by atoms with Crippen LogP contribution < -0.4 is 20.3 Å². The van der Waals surface area contributed by atoms with Gasteiger partial charge in [-0.1, -0.05) is 19.9 Å². The first kappa shape index (κ1) is 23.9. The molecule has 1 aliphatic heterocycles. The van der Waals surface area contributed by atoms with Crippen molar-refractivity contribution in [1.29, 1.82) is 0 Å². The SMILES string of the molecule is COc1ccc(C2CCC(Nc3cc(-c4cnn(C)c4)cn(CC(C)C)c3=O)CO2)cc1OC. The summed E-state index contributed by atoms with van der Waals surface area (Å²) < 4.78 is 20.5. The Morgan fingerprint density at radius 2 is 1.91 bits per heavy atom. The Morgan fingerprint density at radius 3 is 2.53 bits per heavy atom. The first-order valence-electron chi connectivity index (χ1n) is 11.7. The predicted octanol–water partition coefficient (Wildman–Crippen LogP) is 4.25. The van der Waals surface area contributed by atoms with Crippen LogP contribution in [0.4, 0.5) is 5.69 Å². The van der Waals surface area contributed by atoms with Gasteiger partial charge >= 0.3 is 0 Å². The zero-order valence-electron chi connectivity index (χ0n) is 20.6. The van der Waals surface area contributed by atoms with E-state index in [1.54, 1.807) is 23.5 Å². The van der Waals surface area contributed by atoms with E-state index in [0.29, 0.717) is 36.3 Å². The molecule has 0 bridgehead atoms. The summed E-state index contributed by atoms with van der Waals surface area (Å²) in [6.45, 7) is 5.39. The molecule has 8 heteroatoms. The van der Waals surface area contributed by atoms with Gasteiger partial charge in [0.2, 0.25) is 0 Å². The van der Waals surface area contributed by atoms with Gasteiger partial charge in [-0.3, -0.25) is 9.48 Å². The lowest BCUT2D eigenvalue weighted by Gasteiger charge is -2.30. The lowest BCUT2D eigenvalue weighted by atomic mass is 9.98. The van der Waals surface area contributed by atoms with Crippen molar-refractivity contribution in [2.24, 2.45) is 13.0 Å². The number of pyridine rings is 1. The molecule has 0 radical (unpaired) electrons. The number of nitrogens with zero attached hydrogens (tertiary/aromatic N) is 3. The number of aryl methyl sites for hydroxylation is 1. The van der Waals surface area contributed by atoms with E-state index >= 15 is 0 Å². The molecule has 1 saturated heterocycles. The van der Waals surface area contributed by atoms with Crippen molar-refractivity contribution in [2.45, 2.75) is 45.4 Å². The zero-order valence-corrected chi connectivity index (χ0v) is 20.6. The van der Waals surface area contributed by atoms with E-state index in [-0.39, 0.29) is 17.7 Å². The second-order valence-electron chi connectivity index (χ2n) is 9.25. The van der Waals surface area contributed by atoms with Gasteiger partial charge in [-0.05, 0) is 42.5 Å². The van der Waals surface area contributed by atoms with Crippen LogP contribution in [0.25, 0.3) is 11.1 Å². The Bertz CT molecular complexity index is 1180. The van der Waals surface area contributed by atoms with Crippen molar-refractivity contribution < 1.29 is 14.2 Å². The molecule has 2 atom stereocenters. The van der Waals surface area contributed by atoms with Crippen molar-refractivity contribution in [3.05, 3.63) is 58.8 Å². The smallest absolute Gasteiger partial charge is 0.273 e. The van der Waals surface area contributed by atoms with Gasteiger partial charge in [0.25, 0.3) is 5.56 Å². The second kappa shape index (κ2) is 10.3. The van der Waals surface area contributed by atoms with E-state index < -0.39 is 0 Å². The van der Waals surface area contributed by atoms with Crippen LogP contribution in [0.2, 0.25) is 0 Å². The fourth-order valence-electron chi connectivity index (χ4n) is 4.40. The van der Waals surface area contributed by atoms with Crippen LogP contribution in [0, 0.1) is 5.92 Å². The third-order valence-corrected chi connectivity index (χ3v) is 6.10. The maximum atomic E-state index is 13.2. The Labute approximate surface area is 200 Å². The number of methoxy groups -OCH3 is 2. The van der Waals surface area contributed by atoms with E-state index in [1.165, 1.54) is 0 Å². The normalized spacial score (nSPS) is 18.2. The molecule has 8 nitrogen and oxygen atoms in total. The highest BCUT2D eigenvalue weighted by Gasteiger charge is 2.25. The molecule has 1 aromatic carbocycles. The van der Waals surface area contributed by atoms with Crippen LogP contribution in [0.5, 0.6) is 11.5 Å². The topological polar surface area (TPSA) is 79.5 Å². The molecule has 0 spiro atoms. The Morgan fingerprint density at radius 1 is 1.12 bits per heavy atom. The monoisotopic (exact) mass is 466 g/mol. The number of ether oxygens (including phenoxy) is 3. The van der Waals surface area contributed by atoms with Crippen LogP contribution >= 0.6 is 0 Å². The van der Waals surface area contributed by atoms with Gasteiger partial charge in [-0.15, -0.1) is 0 Å². The minimum Gasteiger partial charge on any atom is -0.493 e. The van der Waals surface area contributed by atoms with Gasteiger partial charge in [0.1, 0.15) is 5.69 Å². The molecule has 3 aromatic rings. The maximum Gasteiger partial charge on any atom is 0.273 e. The minimum absolute atomic E-state index is 0.0108. The van der Waals surface area contributed by atoms with Gasteiger partial charge in [-0.2, -0.15) is 5.10 Å². The molecule has 4 rings (SSSR count). The standard InChI is InChI=1S/C26H34N4O4/c1-17(2)13-30-15-19(20-12-27-29(3)14-20)10-22(26(30)31)28-21-7-9-23(34-16-21)18-6-8-24(32-4)25(11-18)33-5/h6,8,10-12,14-15,17,21,23,28H,7,9,13,16H2,1-5H3. The summed E-state index contributed by atoms with van der Waals surface area (Å²) in [6.07, 6.45) is 7.42. The van der Waals surface area contributed by atoms with Crippen molar-refractivity contribution in [2.75, 3.05) is 26.1 Å². The fraction of sp³-hybridized carbons (Fsp3) is 0.462. The molecular weight excluding hydrogens is 432 g/mol. The van der Waals surface area contributed by atoms with Gasteiger partial charge in [0.05, 0.1) is 33.1 Å². The summed E-state index contributed by atoms with van der Waals surface area (Å²) in [4.78, 5) is 13.2. The van der Waals surface area contributed by atoms with Crippen LogP contribution in [0.15, 0.2) is 47.7 Å². The third kappa shape index (κ3) is 5.28. The van der Waals surface area contributed by atoms with Gasteiger partial charge in [-0.25, -0.2) is 0 Å². The van der Waals surface area contributed by atoms with E-state index in [9.17, 15) is 4.79 Å². The third-order valence-electron chi connectivity index (χ3n) is 6.10. The summed E-state index contributed by atoms with van der Waals surface area (Å²) in [5.41, 5.74) is 3.60. The highest BCUT2D eigenvalue weighted by atomic mass is 16.5. The molecule has 1 N–H and O–H groups in total. The number of benzene rings is 1. The molecule has 0 amide bonds. The van der Waals surface area contributed by atoms with Crippen molar-refractivity contribution >= 4 is 5.69 Å². The summed E-state index contributed by atoms with van der Waals surface area (Å²) >= 11 is 0. The van der Waals surface area contributed by atoms with Crippen molar-refractivity contribution in [3.63, 3.8) is 0 Å². The summed E-state index contributed by atoms with van der Waals surface area (Å²) in [6, 6.07) is 7.88. The average Bonchev–Trinajstić information content (AvgIpc) is 3.27. The van der Waals surface area contributed by atoms with Crippen LogP contribution in [-0.2, 0) is 18.3 Å². The number of hydrogen-bond donors (Lipinski definition) is 1. The Balaban J connectivity index is 1.50. The highest BCUT2D eigenvalue weighted by molar-refractivity contribution is 5.65. The number of hydrogen-bond acceptors (Lipinski definition) is 6. The lowest BCUT2D eigenvalue weighted by Crippen LogP contribution is -2.35. The van der Waals surface area contributed by atoms with E-state index in [0.717, 1.165) is 29.5 Å². The molecule has 34 heavy (non-hydrogen) atoms. The summed E-state index contributed by atoms with van der Waals surface area (Å²) in [7, 11) is 5.15. The molecule has 0 saturated carbocycles. The maximum absolute atomic E-state index is 13.2. The lowest BCUT2D eigenvalue weighted by molar-refractivity contribution is 0.00800. The molecule has 2 unspecified atom stereocenters. The van der Waals surface area contributed by atoms with Gasteiger partial charge in [0.15, 0.2) is 11.5 Å². The second-order valence-corrected chi connectivity index (χ2v) is 9.25. The number of nitrogens with one attached hydrogen (secondary N) is 1. The number of anilines is 1. The molecule has 0 aliphatic carbocycles. The first-order chi connectivity index (χ1) is 16.4.